The fourth-order valence-corrected chi connectivity index (χ4v) is 3.52. The molecule has 0 spiro atoms. The van der Waals surface area contributed by atoms with Crippen LogP contribution in [-0.2, 0) is 31.9 Å². The average Bonchev–Trinajstić information content (AvgIpc) is 3.17. The smallest absolute Gasteiger partial charge is 0.325 e. The van der Waals surface area contributed by atoms with Gasteiger partial charge in [-0.25, -0.2) is 9.78 Å². The molecule has 4 rings (SSSR count). The van der Waals surface area contributed by atoms with Gasteiger partial charge in [-0.05, 0) is 36.6 Å². The summed E-state index contributed by atoms with van der Waals surface area (Å²) in [7, 11) is 2.94. The van der Waals surface area contributed by atoms with Crippen molar-refractivity contribution in [3.8, 4) is 0 Å². The number of hydrogen-bond donors (Lipinski definition) is 1. The maximum atomic E-state index is 12.5. The van der Waals surface area contributed by atoms with Crippen molar-refractivity contribution in [2.24, 2.45) is 14.1 Å². The normalized spacial score (nSPS) is 11.1. The molecule has 0 atom stereocenters. The van der Waals surface area contributed by atoms with E-state index in [1.807, 2.05) is 24.3 Å². The molecule has 4 aromatic rings. The van der Waals surface area contributed by atoms with E-state index < -0.39 is 11.2 Å². The minimum atomic E-state index is -0.483. The lowest BCUT2D eigenvalue weighted by atomic mass is 10.0. The van der Waals surface area contributed by atoms with Gasteiger partial charge in [0, 0.05) is 19.8 Å². The van der Waals surface area contributed by atoms with E-state index in [-0.39, 0.29) is 23.6 Å². The molecule has 8 nitrogen and oxygen atoms in total. The number of aromatic nitrogens is 4. The molecule has 1 N–H and O–H groups in total. The van der Waals surface area contributed by atoms with Gasteiger partial charge in [0.25, 0.3) is 5.56 Å². The Balaban J connectivity index is 1.47. The van der Waals surface area contributed by atoms with Gasteiger partial charge in [-0.1, -0.05) is 42.0 Å². The first-order valence-electron chi connectivity index (χ1n) is 9.88. The first kappa shape index (κ1) is 20.3. The second-order valence-corrected chi connectivity index (χ2v) is 7.66. The predicted molar refractivity (Wildman–Crippen MR) is 119 cm³/mol. The zero-order valence-corrected chi connectivity index (χ0v) is 17.6. The summed E-state index contributed by atoms with van der Waals surface area (Å²) in [6.45, 7) is 1.97. The van der Waals surface area contributed by atoms with Gasteiger partial charge in [-0.2, -0.15) is 0 Å². The van der Waals surface area contributed by atoms with Crippen molar-refractivity contribution in [1.82, 2.24) is 18.7 Å². The van der Waals surface area contributed by atoms with Crippen LogP contribution in [0.15, 0.2) is 64.4 Å². The van der Waals surface area contributed by atoms with Crippen molar-refractivity contribution >= 4 is 22.8 Å². The Morgan fingerprint density at radius 3 is 2.19 bits per heavy atom. The number of aryl methyl sites for hydroxylation is 2. The highest BCUT2D eigenvalue weighted by molar-refractivity contribution is 5.91. The fourth-order valence-electron chi connectivity index (χ4n) is 3.52. The van der Waals surface area contributed by atoms with E-state index in [2.05, 4.69) is 41.5 Å². The Labute approximate surface area is 178 Å². The van der Waals surface area contributed by atoms with Crippen molar-refractivity contribution in [2.75, 3.05) is 5.32 Å². The zero-order valence-electron chi connectivity index (χ0n) is 17.6. The lowest BCUT2D eigenvalue weighted by Crippen LogP contribution is -2.37. The van der Waals surface area contributed by atoms with Crippen LogP contribution in [0.3, 0.4) is 0 Å². The van der Waals surface area contributed by atoms with Crippen molar-refractivity contribution in [1.29, 1.82) is 0 Å². The molecule has 2 aromatic carbocycles. The molecule has 0 aliphatic carbocycles. The molecule has 0 bridgehead atoms. The number of benzene rings is 2. The summed E-state index contributed by atoms with van der Waals surface area (Å²) in [5.74, 6) is -0.290. The lowest BCUT2D eigenvalue weighted by molar-refractivity contribution is -0.116. The molecule has 0 aliphatic heterocycles. The molecule has 2 aromatic heterocycles. The number of amides is 1. The highest BCUT2D eigenvalue weighted by atomic mass is 16.2. The summed E-state index contributed by atoms with van der Waals surface area (Å²) in [5, 5.41) is 2.84. The van der Waals surface area contributed by atoms with Crippen LogP contribution in [0.1, 0.15) is 16.7 Å². The predicted octanol–water partition coefficient (Wildman–Crippen LogP) is 1.97. The molecule has 0 fully saturated rings. The first-order valence-corrected chi connectivity index (χ1v) is 9.88. The van der Waals surface area contributed by atoms with Gasteiger partial charge in [0.2, 0.25) is 5.91 Å². The number of nitrogens with zero attached hydrogens (tertiary/aromatic N) is 4. The average molecular weight is 417 g/mol. The Morgan fingerprint density at radius 2 is 1.55 bits per heavy atom. The lowest BCUT2D eigenvalue weighted by Gasteiger charge is -2.09. The monoisotopic (exact) mass is 417 g/mol. The first-order chi connectivity index (χ1) is 14.8. The molecule has 8 heteroatoms. The number of imidazole rings is 1. The SMILES string of the molecule is Cc1ccc(Cc2ccc(NC(=O)Cn3cnc4c3c(=O)n(C)c(=O)n4C)cc2)cc1. The maximum Gasteiger partial charge on any atom is 0.332 e. The summed E-state index contributed by atoms with van der Waals surface area (Å²) in [6.07, 6.45) is 2.22. The number of carbonyl (C=O) groups excluding carboxylic acids is 1. The third kappa shape index (κ3) is 4.05. The molecule has 0 saturated carbocycles. The highest BCUT2D eigenvalue weighted by Gasteiger charge is 2.16. The molecule has 0 aliphatic rings. The van der Waals surface area contributed by atoms with Crippen LogP contribution < -0.4 is 16.6 Å². The van der Waals surface area contributed by atoms with Gasteiger partial charge in [0.15, 0.2) is 11.2 Å². The number of anilines is 1. The number of nitrogens with one attached hydrogen (secondary N) is 1. The summed E-state index contributed by atoms with van der Waals surface area (Å²) in [5.41, 5.74) is 3.79. The van der Waals surface area contributed by atoms with Crippen LogP contribution in [0.4, 0.5) is 5.69 Å². The van der Waals surface area contributed by atoms with E-state index >= 15 is 0 Å². The summed E-state index contributed by atoms with van der Waals surface area (Å²) in [6, 6.07) is 16.1. The summed E-state index contributed by atoms with van der Waals surface area (Å²) < 4.78 is 3.75. The molecule has 31 heavy (non-hydrogen) atoms. The molecule has 1 amide bonds. The van der Waals surface area contributed by atoms with E-state index in [1.165, 1.54) is 33.6 Å². The van der Waals surface area contributed by atoms with Gasteiger partial charge >= 0.3 is 5.69 Å². The molecule has 0 saturated heterocycles. The Kier molecular flexibility index (Phi) is 5.29. The number of hydrogen-bond acceptors (Lipinski definition) is 4. The second kappa shape index (κ2) is 8.06. The molecular weight excluding hydrogens is 394 g/mol. The maximum absolute atomic E-state index is 12.5. The molecular formula is C23H23N5O3. The van der Waals surface area contributed by atoms with Gasteiger partial charge in [0.1, 0.15) is 6.54 Å². The van der Waals surface area contributed by atoms with E-state index in [0.717, 1.165) is 16.6 Å². The van der Waals surface area contributed by atoms with E-state index in [4.69, 9.17) is 0 Å². The van der Waals surface area contributed by atoms with Crippen molar-refractivity contribution in [3.63, 3.8) is 0 Å². The Hall–Kier alpha value is -3.94. The van der Waals surface area contributed by atoms with Gasteiger partial charge in [-0.15, -0.1) is 0 Å². The minimum absolute atomic E-state index is 0.0882. The van der Waals surface area contributed by atoms with Crippen molar-refractivity contribution in [2.45, 2.75) is 19.9 Å². The molecule has 0 unspecified atom stereocenters. The summed E-state index contributed by atoms with van der Waals surface area (Å²) in [4.78, 5) is 41.2. The van der Waals surface area contributed by atoms with E-state index in [0.29, 0.717) is 5.69 Å². The van der Waals surface area contributed by atoms with Gasteiger partial charge < -0.3 is 9.88 Å². The van der Waals surface area contributed by atoms with E-state index in [1.54, 1.807) is 7.05 Å². The largest absolute Gasteiger partial charge is 0.332 e. The fraction of sp³-hybridized carbons (Fsp3) is 0.217. The van der Waals surface area contributed by atoms with Crippen LogP contribution in [0, 0.1) is 6.92 Å². The third-order valence-corrected chi connectivity index (χ3v) is 5.30. The van der Waals surface area contributed by atoms with Crippen LogP contribution in [0.2, 0.25) is 0 Å². The van der Waals surface area contributed by atoms with Crippen LogP contribution in [-0.4, -0.2) is 24.6 Å². The van der Waals surface area contributed by atoms with Crippen molar-refractivity contribution in [3.05, 3.63) is 92.4 Å². The van der Waals surface area contributed by atoms with Gasteiger partial charge in [-0.3, -0.25) is 18.7 Å². The van der Waals surface area contributed by atoms with Gasteiger partial charge in [0.05, 0.1) is 6.33 Å². The number of rotatable bonds is 5. The Bertz CT molecular complexity index is 1380. The number of fused-ring (bicyclic) bond motifs is 1. The van der Waals surface area contributed by atoms with Crippen LogP contribution in [0.25, 0.3) is 11.2 Å². The van der Waals surface area contributed by atoms with E-state index in [9.17, 15) is 14.4 Å². The standard InChI is InChI=1S/C23H23N5O3/c1-15-4-6-16(7-5-15)12-17-8-10-18(11-9-17)25-19(29)13-28-14-24-21-20(28)22(30)27(3)23(31)26(21)2/h4-11,14H,12-13H2,1-3H3,(H,25,29). The molecule has 2 heterocycles. The Morgan fingerprint density at radius 1 is 0.935 bits per heavy atom. The molecule has 158 valence electrons. The van der Waals surface area contributed by atoms with Crippen LogP contribution >= 0.6 is 0 Å². The third-order valence-electron chi connectivity index (χ3n) is 5.30. The zero-order chi connectivity index (χ0) is 22.1. The summed E-state index contributed by atoms with van der Waals surface area (Å²) >= 11 is 0. The minimum Gasteiger partial charge on any atom is -0.325 e. The quantitative estimate of drug-likeness (QED) is 0.538. The second-order valence-electron chi connectivity index (χ2n) is 7.66. The van der Waals surface area contributed by atoms with Crippen molar-refractivity contribution < 1.29 is 4.79 Å². The molecule has 0 radical (unpaired) electrons. The topological polar surface area (TPSA) is 90.9 Å². The van der Waals surface area contributed by atoms with Crippen LogP contribution in [0.5, 0.6) is 0 Å². The number of carbonyl (C=O) groups is 1. The highest BCUT2D eigenvalue weighted by Crippen LogP contribution is 2.15.